The van der Waals surface area contributed by atoms with Crippen molar-refractivity contribution < 1.29 is 13.6 Å². The van der Waals surface area contributed by atoms with Gasteiger partial charge in [-0.25, -0.2) is 18.9 Å². The van der Waals surface area contributed by atoms with Crippen molar-refractivity contribution in [3.63, 3.8) is 0 Å². The number of benzene rings is 2. The molecule has 2 N–H and O–H groups in total. The van der Waals surface area contributed by atoms with Crippen LogP contribution in [-0.2, 0) is 4.79 Å². The van der Waals surface area contributed by atoms with Crippen molar-refractivity contribution in [2.45, 2.75) is 5.16 Å². The zero-order valence-corrected chi connectivity index (χ0v) is 13.5. The summed E-state index contributed by atoms with van der Waals surface area (Å²) in [5, 5.41) is 9.86. The van der Waals surface area contributed by atoms with Crippen LogP contribution in [0.15, 0.2) is 47.6 Å². The number of carbonyl (C=O) groups is 1. The third-order valence-corrected chi connectivity index (χ3v) is 4.48. The summed E-state index contributed by atoms with van der Waals surface area (Å²) >= 11 is 1.17. The lowest BCUT2D eigenvalue weighted by Gasteiger charge is -2.06. The molecule has 4 aromatic rings. The van der Waals surface area contributed by atoms with E-state index in [1.807, 2.05) is 24.3 Å². The van der Waals surface area contributed by atoms with E-state index >= 15 is 0 Å². The maximum Gasteiger partial charge on any atom is 0.234 e. The molecule has 4 rings (SSSR count). The number of halogens is 2. The van der Waals surface area contributed by atoms with E-state index in [0.717, 1.165) is 29.2 Å². The largest absolute Gasteiger partial charge is 0.323 e. The van der Waals surface area contributed by atoms with Crippen LogP contribution < -0.4 is 5.32 Å². The number of para-hydroxylation sites is 2. The van der Waals surface area contributed by atoms with Gasteiger partial charge in [-0.3, -0.25) is 9.20 Å². The normalized spacial score (nSPS) is 11.3. The number of hydrogen-bond acceptors (Lipinski definition) is 4. The minimum atomic E-state index is -0.692. The Morgan fingerprint density at radius 3 is 2.96 bits per heavy atom. The Bertz CT molecular complexity index is 1090. The Balaban J connectivity index is 1.52. The first-order chi connectivity index (χ1) is 12.1. The third kappa shape index (κ3) is 2.93. The zero-order chi connectivity index (χ0) is 17.4. The second kappa shape index (κ2) is 6.17. The van der Waals surface area contributed by atoms with Crippen molar-refractivity contribution >= 4 is 40.2 Å². The number of aromatic amines is 1. The molecule has 0 radical (unpaired) electrons. The van der Waals surface area contributed by atoms with Crippen LogP contribution in [0.4, 0.5) is 14.5 Å². The minimum Gasteiger partial charge on any atom is -0.323 e. The first kappa shape index (κ1) is 15.6. The van der Waals surface area contributed by atoms with Crippen molar-refractivity contribution in [2.75, 3.05) is 11.1 Å². The maximum absolute atomic E-state index is 13.6. The van der Waals surface area contributed by atoms with Crippen molar-refractivity contribution in [2.24, 2.45) is 0 Å². The molecule has 0 aliphatic carbocycles. The van der Waals surface area contributed by atoms with E-state index in [2.05, 4.69) is 20.5 Å². The summed E-state index contributed by atoms with van der Waals surface area (Å²) < 4.78 is 28.5. The predicted octanol–water partition coefficient (Wildman–Crippen LogP) is 3.22. The lowest BCUT2D eigenvalue weighted by Crippen LogP contribution is -2.15. The average molecular weight is 359 g/mol. The number of aromatic nitrogens is 4. The van der Waals surface area contributed by atoms with E-state index in [4.69, 9.17) is 0 Å². The summed E-state index contributed by atoms with van der Waals surface area (Å²) in [5.74, 6) is -1.22. The monoisotopic (exact) mass is 359 g/mol. The van der Waals surface area contributed by atoms with Gasteiger partial charge in [-0.2, -0.15) is 0 Å². The summed E-state index contributed by atoms with van der Waals surface area (Å²) in [4.78, 5) is 16.4. The Labute approximate surface area is 144 Å². The molecule has 0 saturated carbocycles. The van der Waals surface area contributed by atoms with E-state index in [9.17, 15) is 13.6 Å². The fraction of sp³-hybridized carbons (Fsp3) is 0.0625. The number of amides is 1. The fourth-order valence-corrected chi connectivity index (χ4v) is 3.21. The predicted molar refractivity (Wildman–Crippen MR) is 90.6 cm³/mol. The summed E-state index contributed by atoms with van der Waals surface area (Å²) in [6, 6.07) is 10.4. The molecule has 126 valence electrons. The van der Waals surface area contributed by atoms with E-state index < -0.39 is 17.5 Å². The number of fused-ring (bicyclic) bond motifs is 3. The van der Waals surface area contributed by atoms with Crippen LogP contribution in [-0.4, -0.2) is 31.2 Å². The molecule has 9 heteroatoms. The molecule has 6 nitrogen and oxygen atoms in total. The van der Waals surface area contributed by atoms with Gasteiger partial charge < -0.3 is 5.32 Å². The first-order valence-electron chi connectivity index (χ1n) is 7.31. The molecule has 0 aliphatic rings. The van der Waals surface area contributed by atoms with Gasteiger partial charge >= 0.3 is 0 Å². The van der Waals surface area contributed by atoms with Gasteiger partial charge in [0.25, 0.3) is 0 Å². The van der Waals surface area contributed by atoms with Crippen LogP contribution in [0.25, 0.3) is 16.8 Å². The lowest BCUT2D eigenvalue weighted by atomic mass is 10.3. The quantitative estimate of drug-likeness (QED) is 0.549. The molecule has 0 atom stereocenters. The number of nitrogens with zero attached hydrogens (tertiary/aromatic N) is 3. The topological polar surface area (TPSA) is 75.1 Å². The van der Waals surface area contributed by atoms with Gasteiger partial charge in [0.1, 0.15) is 11.6 Å². The van der Waals surface area contributed by atoms with Crippen molar-refractivity contribution in [1.82, 2.24) is 19.6 Å². The van der Waals surface area contributed by atoms with Crippen LogP contribution in [0, 0.1) is 11.6 Å². The molecule has 0 aliphatic heterocycles. The Hall–Kier alpha value is -2.94. The summed E-state index contributed by atoms with van der Waals surface area (Å²) in [6.45, 7) is 0. The van der Waals surface area contributed by atoms with Gasteiger partial charge in [0.2, 0.25) is 11.7 Å². The number of hydrogen-bond donors (Lipinski definition) is 2. The molecule has 1 amide bonds. The molecule has 2 aromatic heterocycles. The van der Waals surface area contributed by atoms with Gasteiger partial charge in [-0.15, -0.1) is 5.10 Å². The van der Waals surface area contributed by atoms with Gasteiger partial charge in [-0.05, 0) is 24.3 Å². The number of anilines is 1. The smallest absolute Gasteiger partial charge is 0.234 e. The first-order valence-corrected chi connectivity index (χ1v) is 8.29. The molecular weight excluding hydrogens is 348 g/mol. The number of nitrogens with one attached hydrogen (secondary N) is 2. The number of rotatable bonds is 4. The van der Waals surface area contributed by atoms with Crippen LogP contribution in [0.5, 0.6) is 0 Å². The fourth-order valence-electron chi connectivity index (χ4n) is 2.45. The van der Waals surface area contributed by atoms with Crippen LogP contribution in [0.3, 0.4) is 0 Å². The summed E-state index contributed by atoms with van der Waals surface area (Å²) in [6.07, 6.45) is 0. The van der Waals surface area contributed by atoms with Crippen molar-refractivity contribution in [3.8, 4) is 0 Å². The van der Waals surface area contributed by atoms with Crippen LogP contribution in [0.1, 0.15) is 0 Å². The summed E-state index contributed by atoms with van der Waals surface area (Å²) in [7, 11) is 0. The Morgan fingerprint density at radius 2 is 2.08 bits per heavy atom. The molecule has 2 aromatic carbocycles. The lowest BCUT2D eigenvalue weighted by molar-refractivity contribution is -0.113. The molecule has 0 fully saturated rings. The zero-order valence-electron chi connectivity index (χ0n) is 12.7. The molecule has 0 saturated heterocycles. The van der Waals surface area contributed by atoms with Crippen LogP contribution in [0.2, 0.25) is 0 Å². The van der Waals surface area contributed by atoms with Crippen LogP contribution >= 0.6 is 11.8 Å². The second-order valence-electron chi connectivity index (χ2n) is 5.23. The highest BCUT2D eigenvalue weighted by molar-refractivity contribution is 7.99. The number of imidazole rings is 1. The average Bonchev–Trinajstić information content (AvgIpc) is 3.15. The maximum atomic E-state index is 13.6. The highest BCUT2D eigenvalue weighted by atomic mass is 32.2. The SMILES string of the molecule is O=C(CSc1n[nH]c2nc3ccccc3n12)Nc1cc(F)ccc1F. The molecular formula is C16H11F2N5OS. The van der Waals surface area contributed by atoms with Gasteiger partial charge in [-0.1, -0.05) is 23.9 Å². The second-order valence-corrected chi connectivity index (χ2v) is 6.17. The van der Waals surface area contributed by atoms with E-state index in [0.29, 0.717) is 10.9 Å². The van der Waals surface area contributed by atoms with E-state index in [1.165, 1.54) is 11.8 Å². The standard InChI is InChI=1S/C16H11F2N5OS/c17-9-5-6-10(18)12(7-9)19-14(24)8-25-16-22-21-15-20-11-3-1-2-4-13(11)23(15)16/h1-7H,8H2,(H,19,24)(H,20,21). The summed E-state index contributed by atoms with van der Waals surface area (Å²) in [5.41, 5.74) is 1.49. The van der Waals surface area contributed by atoms with Crippen molar-refractivity contribution in [3.05, 3.63) is 54.1 Å². The van der Waals surface area contributed by atoms with Gasteiger partial charge in [0.05, 0.1) is 22.5 Å². The number of thioether (sulfide) groups is 1. The van der Waals surface area contributed by atoms with E-state index in [1.54, 1.807) is 4.40 Å². The Morgan fingerprint density at radius 1 is 1.24 bits per heavy atom. The molecule has 0 unspecified atom stereocenters. The molecule has 2 heterocycles. The van der Waals surface area contributed by atoms with Gasteiger partial charge in [0, 0.05) is 6.07 Å². The molecule has 0 spiro atoms. The Kier molecular flexibility index (Phi) is 3.85. The molecule has 0 bridgehead atoms. The van der Waals surface area contributed by atoms with E-state index in [-0.39, 0.29) is 11.4 Å². The third-order valence-electron chi connectivity index (χ3n) is 3.54. The highest BCUT2D eigenvalue weighted by Crippen LogP contribution is 2.23. The minimum absolute atomic E-state index is 0.0115. The highest BCUT2D eigenvalue weighted by Gasteiger charge is 2.14. The number of carbonyl (C=O) groups excluding carboxylic acids is 1. The molecule has 25 heavy (non-hydrogen) atoms. The van der Waals surface area contributed by atoms with Gasteiger partial charge in [0.15, 0.2) is 5.16 Å². The van der Waals surface area contributed by atoms with Crippen molar-refractivity contribution in [1.29, 1.82) is 0 Å². The number of H-pyrrole nitrogens is 1.